The number of anilines is 1. The summed E-state index contributed by atoms with van der Waals surface area (Å²) >= 11 is 0. The summed E-state index contributed by atoms with van der Waals surface area (Å²) in [5.74, 6) is 0.149. The summed E-state index contributed by atoms with van der Waals surface area (Å²) in [7, 11) is 0. The van der Waals surface area contributed by atoms with Crippen molar-refractivity contribution in [2.75, 3.05) is 31.6 Å². The van der Waals surface area contributed by atoms with Gasteiger partial charge in [0.05, 0.1) is 19.3 Å². The molecule has 2 heterocycles. The molecule has 0 aromatic heterocycles. The van der Waals surface area contributed by atoms with Crippen LogP contribution in [0.2, 0.25) is 0 Å². The van der Waals surface area contributed by atoms with Gasteiger partial charge in [0.2, 0.25) is 0 Å². The first-order chi connectivity index (χ1) is 9.27. The van der Waals surface area contributed by atoms with Gasteiger partial charge in [-0.25, -0.2) is 0 Å². The molecule has 1 aromatic rings. The molecule has 0 aliphatic carbocycles. The second-order valence-corrected chi connectivity index (χ2v) is 5.28. The second-order valence-electron chi connectivity index (χ2n) is 5.28. The van der Waals surface area contributed by atoms with Gasteiger partial charge in [-0.3, -0.25) is 4.79 Å². The van der Waals surface area contributed by atoms with Gasteiger partial charge >= 0.3 is 0 Å². The van der Waals surface area contributed by atoms with Crippen LogP contribution in [0.25, 0.3) is 0 Å². The van der Waals surface area contributed by atoms with Crippen molar-refractivity contribution in [2.45, 2.75) is 25.8 Å². The SMILES string of the molecule is CC1COCCN1C(=O)c1cccc2c1CCCN2. The number of fused-ring (bicyclic) bond motifs is 1. The lowest BCUT2D eigenvalue weighted by Crippen LogP contribution is -2.47. The second kappa shape index (κ2) is 5.21. The molecule has 1 saturated heterocycles. The van der Waals surface area contributed by atoms with E-state index < -0.39 is 0 Å². The van der Waals surface area contributed by atoms with E-state index >= 15 is 0 Å². The van der Waals surface area contributed by atoms with Crippen molar-refractivity contribution in [3.8, 4) is 0 Å². The maximum absolute atomic E-state index is 12.7. The first-order valence-corrected chi connectivity index (χ1v) is 7.02. The van der Waals surface area contributed by atoms with Gasteiger partial charge < -0.3 is 15.0 Å². The Kier molecular flexibility index (Phi) is 3.42. The highest BCUT2D eigenvalue weighted by Crippen LogP contribution is 2.27. The van der Waals surface area contributed by atoms with Crippen molar-refractivity contribution >= 4 is 11.6 Å². The Labute approximate surface area is 113 Å². The van der Waals surface area contributed by atoms with Crippen LogP contribution in [0.3, 0.4) is 0 Å². The fourth-order valence-electron chi connectivity index (χ4n) is 2.89. The van der Waals surface area contributed by atoms with E-state index in [0.717, 1.165) is 30.6 Å². The Balaban J connectivity index is 1.91. The van der Waals surface area contributed by atoms with Gasteiger partial charge in [0, 0.05) is 24.3 Å². The molecule has 0 spiro atoms. The Morgan fingerprint density at radius 1 is 1.47 bits per heavy atom. The minimum atomic E-state index is 0.149. The standard InChI is InChI=1S/C15H20N2O2/c1-11-10-19-9-8-17(11)15(18)13-4-2-6-14-12(13)5-3-7-16-14/h2,4,6,11,16H,3,5,7-10H2,1H3. The molecule has 1 atom stereocenters. The van der Waals surface area contributed by atoms with E-state index in [9.17, 15) is 4.79 Å². The first kappa shape index (κ1) is 12.5. The number of hydrogen-bond acceptors (Lipinski definition) is 3. The molecule has 0 saturated carbocycles. The van der Waals surface area contributed by atoms with Gasteiger partial charge in [0.25, 0.3) is 5.91 Å². The number of nitrogens with zero attached hydrogens (tertiary/aromatic N) is 1. The lowest BCUT2D eigenvalue weighted by Gasteiger charge is -2.34. The van der Waals surface area contributed by atoms with Crippen LogP contribution < -0.4 is 5.32 Å². The lowest BCUT2D eigenvalue weighted by atomic mass is 9.96. The van der Waals surface area contributed by atoms with Crippen LogP contribution >= 0.6 is 0 Å². The summed E-state index contributed by atoms with van der Waals surface area (Å²) in [6.07, 6.45) is 2.08. The van der Waals surface area contributed by atoms with Crippen LogP contribution in [0.15, 0.2) is 18.2 Å². The van der Waals surface area contributed by atoms with Gasteiger partial charge in [-0.2, -0.15) is 0 Å². The highest BCUT2D eigenvalue weighted by Gasteiger charge is 2.27. The summed E-state index contributed by atoms with van der Waals surface area (Å²) in [5, 5.41) is 3.38. The van der Waals surface area contributed by atoms with Gasteiger partial charge in [0.15, 0.2) is 0 Å². The molecule has 4 heteroatoms. The van der Waals surface area contributed by atoms with E-state index in [0.29, 0.717) is 19.8 Å². The number of ether oxygens (including phenoxy) is 1. The average molecular weight is 260 g/mol. The maximum atomic E-state index is 12.7. The van der Waals surface area contributed by atoms with Crippen LogP contribution in [-0.2, 0) is 11.2 Å². The molecule has 3 rings (SSSR count). The molecule has 19 heavy (non-hydrogen) atoms. The number of carbonyl (C=O) groups is 1. The first-order valence-electron chi connectivity index (χ1n) is 7.02. The third-order valence-corrected chi connectivity index (χ3v) is 3.95. The topological polar surface area (TPSA) is 41.6 Å². The third-order valence-electron chi connectivity index (χ3n) is 3.95. The molecule has 1 aromatic carbocycles. The van der Waals surface area contributed by atoms with Crippen molar-refractivity contribution in [1.29, 1.82) is 0 Å². The van der Waals surface area contributed by atoms with Gasteiger partial charge in [-0.05, 0) is 37.5 Å². The van der Waals surface area contributed by atoms with Gasteiger partial charge in [0.1, 0.15) is 0 Å². The zero-order chi connectivity index (χ0) is 13.2. The number of rotatable bonds is 1. The number of carbonyl (C=O) groups excluding carboxylic acids is 1. The number of hydrogen-bond donors (Lipinski definition) is 1. The summed E-state index contributed by atoms with van der Waals surface area (Å²) in [6.45, 7) is 5.02. The van der Waals surface area contributed by atoms with Crippen LogP contribution in [0.1, 0.15) is 29.3 Å². The minimum Gasteiger partial charge on any atom is -0.385 e. The average Bonchev–Trinajstić information content (AvgIpc) is 2.46. The molecule has 4 nitrogen and oxygen atoms in total. The summed E-state index contributed by atoms with van der Waals surface area (Å²) in [4.78, 5) is 14.7. The zero-order valence-electron chi connectivity index (χ0n) is 11.3. The molecular formula is C15H20N2O2. The van der Waals surface area contributed by atoms with E-state index in [2.05, 4.69) is 11.4 Å². The summed E-state index contributed by atoms with van der Waals surface area (Å²) < 4.78 is 5.40. The van der Waals surface area contributed by atoms with Crippen molar-refractivity contribution in [1.82, 2.24) is 4.90 Å². The quantitative estimate of drug-likeness (QED) is 0.838. The van der Waals surface area contributed by atoms with Gasteiger partial charge in [-0.1, -0.05) is 6.07 Å². The van der Waals surface area contributed by atoms with E-state index in [4.69, 9.17) is 4.74 Å². The lowest BCUT2D eigenvalue weighted by molar-refractivity contribution is 0.00353. The fraction of sp³-hybridized carbons (Fsp3) is 0.533. The smallest absolute Gasteiger partial charge is 0.254 e. The molecule has 102 valence electrons. The molecule has 1 N–H and O–H groups in total. The predicted octanol–water partition coefficient (Wildman–Crippen LogP) is 1.91. The van der Waals surface area contributed by atoms with Crippen LogP contribution in [-0.4, -0.2) is 43.2 Å². The van der Waals surface area contributed by atoms with E-state index in [1.807, 2.05) is 24.0 Å². The molecule has 0 bridgehead atoms. The summed E-state index contributed by atoms with van der Waals surface area (Å²) in [6, 6.07) is 6.15. The number of amides is 1. The zero-order valence-corrected chi connectivity index (χ0v) is 11.3. The normalized spacial score (nSPS) is 22.6. The van der Waals surface area contributed by atoms with Crippen molar-refractivity contribution in [2.24, 2.45) is 0 Å². The fourth-order valence-corrected chi connectivity index (χ4v) is 2.89. The van der Waals surface area contributed by atoms with Crippen molar-refractivity contribution in [3.05, 3.63) is 29.3 Å². The van der Waals surface area contributed by atoms with Crippen molar-refractivity contribution < 1.29 is 9.53 Å². The van der Waals surface area contributed by atoms with Crippen LogP contribution in [0.5, 0.6) is 0 Å². The minimum absolute atomic E-state index is 0.149. The number of nitrogens with one attached hydrogen (secondary N) is 1. The molecule has 2 aliphatic heterocycles. The highest BCUT2D eigenvalue weighted by molar-refractivity contribution is 5.97. The van der Waals surface area contributed by atoms with Crippen LogP contribution in [0.4, 0.5) is 5.69 Å². The van der Waals surface area contributed by atoms with Crippen molar-refractivity contribution in [3.63, 3.8) is 0 Å². The predicted molar refractivity (Wildman–Crippen MR) is 74.6 cm³/mol. The van der Waals surface area contributed by atoms with Crippen LogP contribution in [0, 0.1) is 0 Å². The number of morpholine rings is 1. The summed E-state index contributed by atoms with van der Waals surface area (Å²) in [5.41, 5.74) is 3.16. The maximum Gasteiger partial charge on any atom is 0.254 e. The Morgan fingerprint density at radius 2 is 2.37 bits per heavy atom. The number of benzene rings is 1. The molecular weight excluding hydrogens is 240 g/mol. The highest BCUT2D eigenvalue weighted by atomic mass is 16.5. The third kappa shape index (κ3) is 2.32. The molecule has 1 unspecified atom stereocenters. The van der Waals surface area contributed by atoms with E-state index in [1.165, 1.54) is 5.56 Å². The van der Waals surface area contributed by atoms with E-state index in [-0.39, 0.29) is 11.9 Å². The molecule has 1 amide bonds. The molecule has 2 aliphatic rings. The largest absolute Gasteiger partial charge is 0.385 e. The Bertz CT molecular complexity index is 487. The Hall–Kier alpha value is -1.55. The van der Waals surface area contributed by atoms with E-state index in [1.54, 1.807) is 0 Å². The Morgan fingerprint density at radius 3 is 3.21 bits per heavy atom. The monoisotopic (exact) mass is 260 g/mol. The van der Waals surface area contributed by atoms with Gasteiger partial charge in [-0.15, -0.1) is 0 Å². The molecule has 0 radical (unpaired) electrons. The molecule has 1 fully saturated rings.